The van der Waals surface area contributed by atoms with Crippen LogP contribution in [0.1, 0.15) is 38.1 Å². The fourth-order valence-electron chi connectivity index (χ4n) is 1.82. The number of rotatable bonds is 4. The molecule has 4 nitrogen and oxygen atoms in total. The maximum Gasteiger partial charge on any atom is 0.335 e. The lowest BCUT2D eigenvalue weighted by atomic mass is 10.2. The van der Waals surface area contributed by atoms with Gasteiger partial charge in [0.15, 0.2) is 0 Å². The van der Waals surface area contributed by atoms with Crippen LogP contribution in [0.3, 0.4) is 0 Å². The summed E-state index contributed by atoms with van der Waals surface area (Å²) in [6.45, 7) is 8.26. The minimum atomic E-state index is -0.920. The van der Waals surface area contributed by atoms with Gasteiger partial charge in [0.2, 0.25) is 0 Å². The predicted molar refractivity (Wildman–Crippen MR) is 63.9 cm³/mol. The Morgan fingerprint density at radius 1 is 1.31 bits per heavy atom. The largest absolute Gasteiger partial charge is 0.478 e. The highest BCUT2D eigenvalue weighted by Gasteiger charge is 2.16. The normalized spacial score (nSPS) is 10.9. The lowest BCUT2D eigenvalue weighted by Gasteiger charge is -2.31. The Balaban J connectivity index is 3.10. The summed E-state index contributed by atoms with van der Waals surface area (Å²) in [7, 11) is 0. The van der Waals surface area contributed by atoms with E-state index in [1.807, 2.05) is 0 Å². The zero-order valence-corrected chi connectivity index (χ0v) is 10.1. The van der Waals surface area contributed by atoms with Crippen LogP contribution in [0.2, 0.25) is 0 Å². The van der Waals surface area contributed by atoms with E-state index in [2.05, 4.69) is 37.6 Å². The highest BCUT2D eigenvalue weighted by Crippen LogP contribution is 2.18. The third-order valence-electron chi connectivity index (χ3n) is 2.37. The molecule has 0 fully saturated rings. The van der Waals surface area contributed by atoms with Crippen LogP contribution in [-0.4, -0.2) is 28.1 Å². The maximum absolute atomic E-state index is 10.9. The van der Waals surface area contributed by atoms with E-state index in [-0.39, 0.29) is 17.6 Å². The molecule has 1 N–H and O–H groups in total. The van der Waals surface area contributed by atoms with Crippen molar-refractivity contribution >= 4 is 11.8 Å². The van der Waals surface area contributed by atoms with Crippen molar-refractivity contribution < 1.29 is 9.90 Å². The average molecular weight is 222 g/mol. The van der Waals surface area contributed by atoms with Crippen molar-refractivity contribution in [2.45, 2.75) is 39.8 Å². The van der Waals surface area contributed by atoms with E-state index in [1.165, 1.54) is 12.3 Å². The van der Waals surface area contributed by atoms with Crippen molar-refractivity contribution in [2.24, 2.45) is 0 Å². The summed E-state index contributed by atoms with van der Waals surface area (Å²) < 4.78 is 0. The molecular formula is C12H18N2O2. The Morgan fingerprint density at radius 2 is 1.88 bits per heavy atom. The van der Waals surface area contributed by atoms with Gasteiger partial charge in [0.1, 0.15) is 5.82 Å². The van der Waals surface area contributed by atoms with E-state index in [0.717, 1.165) is 0 Å². The highest BCUT2D eigenvalue weighted by atomic mass is 16.4. The molecule has 0 bridgehead atoms. The standard InChI is InChI=1S/C12H18N2O2/c1-8(2)14(9(3)4)11-7-10(12(15)16)5-6-13-11/h5-9H,1-4H3,(H,15,16). The van der Waals surface area contributed by atoms with Gasteiger partial charge in [-0.3, -0.25) is 0 Å². The molecule has 1 aromatic rings. The summed E-state index contributed by atoms with van der Waals surface area (Å²) in [4.78, 5) is 17.2. The molecule has 1 rings (SSSR count). The molecule has 0 aliphatic heterocycles. The molecule has 0 aliphatic carbocycles. The second-order valence-electron chi connectivity index (χ2n) is 4.30. The Labute approximate surface area is 95.9 Å². The van der Waals surface area contributed by atoms with Gasteiger partial charge in [-0.2, -0.15) is 0 Å². The van der Waals surface area contributed by atoms with Crippen molar-refractivity contribution in [1.82, 2.24) is 4.98 Å². The SMILES string of the molecule is CC(C)N(c1cc(C(=O)O)ccn1)C(C)C. The summed E-state index contributed by atoms with van der Waals surface area (Å²) in [5.41, 5.74) is 0.274. The summed E-state index contributed by atoms with van der Waals surface area (Å²) in [6, 6.07) is 3.69. The van der Waals surface area contributed by atoms with E-state index >= 15 is 0 Å². The second kappa shape index (κ2) is 4.96. The average Bonchev–Trinajstić information content (AvgIpc) is 2.16. The fraction of sp³-hybridized carbons (Fsp3) is 0.500. The van der Waals surface area contributed by atoms with E-state index < -0.39 is 5.97 Å². The first-order chi connectivity index (χ1) is 7.43. The van der Waals surface area contributed by atoms with Crippen molar-refractivity contribution in [1.29, 1.82) is 0 Å². The number of nitrogens with zero attached hydrogens (tertiary/aromatic N) is 2. The number of carbonyl (C=O) groups is 1. The van der Waals surface area contributed by atoms with Crippen LogP contribution in [0, 0.1) is 0 Å². The summed E-state index contributed by atoms with van der Waals surface area (Å²) in [6.07, 6.45) is 1.54. The number of anilines is 1. The van der Waals surface area contributed by atoms with Gasteiger partial charge in [0, 0.05) is 18.3 Å². The monoisotopic (exact) mass is 222 g/mol. The number of aromatic nitrogens is 1. The number of aromatic carboxylic acids is 1. The molecule has 4 heteroatoms. The van der Waals surface area contributed by atoms with Crippen LogP contribution < -0.4 is 4.90 Å². The minimum absolute atomic E-state index is 0.274. The minimum Gasteiger partial charge on any atom is -0.478 e. The van der Waals surface area contributed by atoms with Crippen molar-refractivity contribution in [3.63, 3.8) is 0 Å². The van der Waals surface area contributed by atoms with E-state index in [0.29, 0.717) is 5.82 Å². The van der Waals surface area contributed by atoms with Gasteiger partial charge < -0.3 is 10.0 Å². The van der Waals surface area contributed by atoms with Gasteiger partial charge in [-0.15, -0.1) is 0 Å². The third-order valence-corrected chi connectivity index (χ3v) is 2.37. The molecule has 0 spiro atoms. The Kier molecular flexibility index (Phi) is 3.88. The fourth-order valence-corrected chi connectivity index (χ4v) is 1.82. The summed E-state index contributed by atoms with van der Waals surface area (Å²) in [5, 5.41) is 8.92. The smallest absolute Gasteiger partial charge is 0.335 e. The Morgan fingerprint density at radius 3 is 2.31 bits per heavy atom. The molecular weight excluding hydrogens is 204 g/mol. The van der Waals surface area contributed by atoms with Crippen LogP contribution in [0.25, 0.3) is 0 Å². The number of hydrogen-bond donors (Lipinski definition) is 1. The number of pyridine rings is 1. The first kappa shape index (κ1) is 12.5. The first-order valence-electron chi connectivity index (χ1n) is 5.41. The quantitative estimate of drug-likeness (QED) is 0.850. The topological polar surface area (TPSA) is 53.4 Å². The first-order valence-corrected chi connectivity index (χ1v) is 5.41. The zero-order chi connectivity index (χ0) is 12.3. The zero-order valence-electron chi connectivity index (χ0n) is 10.1. The molecule has 88 valence electrons. The number of hydrogen-bond acceptors (Lipinski definition) is 3. The van der Waals surface area contributed by atoms with Gasteiger partial charge in [-0.1, -0.05) is 0 Å². The van der Waals surface area contributed by atoms with Crippen LogP contribution in [0.4, 0.5) is 5.82 Å². The van der Waals surface area contributed by atoms with Crippen LogP contribution in [0.15, 0.2) is 18.3 Å². The maximum atomic E-state index is 10.9. The van der Waals surface area contributed by atoms with Crippen molar-refractivity contribution in [3.8, 4) is 0 Å². The van der Waals surface area contributed by atoms with E-state index in [9.17, 15) is 4.79 Å². The highest BCUT2D eigenvalue weighted by molar-refractivity contribution is 5.88. The lowest BCUT2D eigenvalue weighted by Crippen LogP contribution is -2.37. The van der Waals surface area contributed by atoms with Gasteiger partial charge >= 0.3 is 5.97 Å². The van der Waals surface area contributed by atoms with Gasteiger partial charge in [0.25, 0.3) is 0 Å². The Bertz CT molecular complexity index is 367. The summed E-state index contributed by atoms with van der Waals surface area (Å²) >= 11 is 0. The molecule has 1 heterocycles. The molecule has 0 aromatic carbocycles. The molecule has 1 aromatic heterocycles. The molecule has 0 unspecified atom stereocenters. The predicted octanol–water partition coefficient (Wildman–Crippen LogP) is 2.40. The molecule has 0 amide bonds. The van der Waals surface area contributed by atoms with Gasteiger partial charge in [0.05, 0.1) is 5.56 Å². The van der Waals surface area contributed by atoms with Crippen LogP contribution >= 0.6 is 0 Å². The van der Waals surface area contributed by atoms with Crippen LogP contribution in [-0.2, 0) is 0 Å². The van der Waals surface area contributed by atoms with E-state index in [4.69, 9.17) is 5.11 Å². The molecule has 0 saturated carbocycles. The molecule has 16 heavy (non-hydrogen) atoms. The third kappa shape index (κ3) is 2.72. The van der Waals surface area contributed by atoms with Crippen molar-refractivity contribution in [2.75, 3.05) is 4.90 Å². The molecule has 0 aliphatic rings. The van der Waals surface area contributed by atoms with Gasteiger partial charge in [-0.25, -0.2) is 9.78 Å². The van der Waals surface area contributed by atoms with E-state index in [1.54, 1.807) is 6.07 Å². The second-order valence-corrected chi connectivity index (χ2v) is 4.30. The molecule has 0 radical (unpaired) electrons. The molecule has 0 atom stereocenters. The van der Waals surface area contributed by atoms with Crippen molar-refractivity contribution in [3.05, 3.63) is 23.9 Å². The Hall–Kier alpha value is -1.58. The number of carboxylic acid groups (broad SMARTS) is 1. The number of carboxylic acids is 1. The van der Waals surface area contributed by atoms with Crippen LogP contribution in [0.5, 0.6) is 0 Å². The lowest BCUT2D eigenvalue weighted by molar-refractivity contribution is 0.0696. The molecule has 0 saturated heterocycles. The van der Waals surface area contributed by atoms with Gasteiger partial charge in [-0.05, 0) is 39.8 Å². The summed E-state index contributed by atoms with van der Waals surface area (Å²) in [5.74, 6) is -0.207.